The van der Waals surface area contributed by atoms with E-state index in [2.05, 4.69) is 10.3 Å². The van der Waals surface area contributed by atoms with Crippen molar-refractivity contribution in [2.75, 3.05) is 7.11 Å². The fourth-order valence-corrected chi connectivity index (χ4v) is 3.08. The Morgan fingerprint density at radius 3 is 2.67 bits per heavy atom. The topological polar surface area (TPSA) is 88.5 Å². The molecular formula is C17H20N2O4S. The van der Waals surface area contributed by atoms with E-state index in [-0.39, 0.29) is 18.2 Å². The van der Waals surface area contributed by atoms with Crippen molar-refractivity contribution < 1.29 is 19.4 Å². The van der Waals surface area contributed by atoms with Crippen molar-refractivity contribution in [2.45, 2.75) is 26.3 Å². The van der Waals surface area contributed by atoms with Gasteiger partial charge in [-0.15, -0.1) is 11.3 Å². The zero-order valence-electron chi connectivity index (χ0n) is 13.8. The summed E-state index contributed by atoms with van der Waals surface area (Å²) in [7, 11) is 1.60. The number of carbonyl (C=O) groups is 2. The van der Waals surface area contributed by atoms with Crippen molar-refractivity contribution in [3.8, 4) is 16.3 Å². The van der Waals surface area contributed by atoms with Gasteiger partial charge in [-0.3, -0.25) is 4.79 Å². The zero-order valence-corrected chi connectivity index (χ0v) is 14.6. The highest BCUT2D eigenvalue weighted by Gasteiger charge is 2.23. The molecule has 128 valence electrons. The Balaban J connectivity index is 2.08. The molecule has 0 aliphatic carbocycles. The number of aromatic nitrogens is 1. The van der Waals surface area contributed by atoms with Crippen LogP contribution in [-0.2, 0) is 16.0 Å². The third-order valence-electron chi connectivity index (χ3n) is 3.48. The first-order valence-corrected chi connectivity index (χ1v) is 8.40. The lowest BCUT2D eigenvalue weighted by Crippen LogP contribution is -2.44. The van der Waals surface area contributed by atoms with Gasteiger partial charge in [0.2, 0.25) is 5.91 Å². The van der Waals surface area contributed by atoms with Crippen molar-refractivity contribution in [3.05, 3.63) is 35.3 Å². The molecule has 1 aromatic heterocycles. The van der Waals surface area contributed by atoms with Gasteiger partial charge in [-0.1, -0.05) is 26.0 Å². The quantitative estimate of drug-likeness (QED) is 0.803. The molecule has 2 aromatic rings. The third-order valence-corrected chi connectivity index (χ3v) is 4.40. The molecule has 7 heteroatoms. The summed E-state index contributed by atoms with van der Waals surface area (Å²) in [6.45, 7) is 3.50. The van der Waals surface area contributed by atoms with Crippen molar-refractivity contribution in [2.24, 2.45) is 5.92 Å². The van der Waals surface area contributed by atoms with E-state index in [1.165, 1.54) is 11.3 Å². The second-order valence-electron chi connectivity index (χ2n) is 5.65. The van der Waals surface area contributed by atoms with Crippen LogP contribution in [0.3, 0.4) is 0 Å². The van der Waals surface area contributed by atoms with E-state index in [0.717, 1.165) is 10.6 Å². The molecule has 0 spiro atoms. The number of carbonyl (C=O) groups excluding carboxylic acids is 1. The van der Waals surface area contributed by atoms with E-state index in [1.807, 2.05) is 24.3 Å². The third kappa shape index (κ3) is 4.32. The normalized spacial score (nSPS) is 12.0. The molecule has 0 bridgehead atoms. The molecule has 0 aliphatic rings. The summed E-state index contributed by atoms with van der Waals surface area (Å²) in [6.07, 6.45) is 0.0438. The molecule has 1 aromatic carbocycles. The Hall–Kier alpha value is -2.41. The smallest absolute Gasteiger partial charge is 0.326 e. The molecule has 2 N–H and O–H groups in total. The van der Waals surface area contributed by atoms with Crippen molar-refractivity contribution in [1.29, 1.82) is 0 Å². The fourth-order valence-electron chi connectivity index (χ4n) is 2.24. The number of hydrogen-bond donors (Lipinski definition) is 2. The highest BCUT2D eigenvalue weighted by Crippen LogP contribution is 2.31. The van der Waals surface area contributed by atoms with E-state index >= 15 is 0 Å². The predicted molar refractivity (Wildman–Crippen MR) is 92.2 cm³/mol. The van der Waals surface area contributed by atoms with Gasteiger partial charge in [0.25, 0.3) is 0 Å². The predicted octanol–water partition coefficient (Wildman–Crippen LogP) is 2.59. The molecule has 0 saturated carbocycles. The van der Waals surface area contributed by atoms with E-state index in [0.29, 0.717) is 11.4 Å². The second-order valence-corrected chi connectivity index (χ2v) is 6.51. The standard InChI is InChI=1S/C17H20N2O4S/c1-10(2)15(17(21)22)19-14(20)8-11-9-24-16(18-11)12-6-4-5-7-13(12)23-3/h4-7,9-10,15H,8H2,1-3H3,(H,19,20)(H,21,22)/t15-/m0/s1. The summed E-state index contributed by atoms with van der Waals surface area (Å²) >= 11 is 1.42. The fraction of sp³-hybridized carbons (Fsp3) is 0.353. The molecule has 0 saturated heterocycles. The highest BCUT2D eigenvalue weighted by molar-refractivity contribution is 7.13. The van der Waals surface area contributed by atoms with E-state index in [1.54, 1.807) is 26.3 Å². The van der Waals surface area contributed by atoms with Crippen LogP contribution >= 0.6 is 11.3 Å². The van der Waals surface area contributed by atoms with E-state index in [4.69, 9.17) is 9.84 Å². The molecule has 0 aliphatic heterocycles. The number of ether oxygens (including phenoxy) is 1. The van der Waals surface area contributed by atoms with Crippen LogP contribution in [0.25, 0.3) is 10.6 Å². The van der Waals surface area contributed by atoms with Crippen molar-refractivity contribution >= 4 is 23.2 Å². The SMILES string of the molecule is COc1ccccc1-c1nc(CC(=O)N[C@H](C(=O)O)C(C)C)cs1. The van der Waals surface area contributed by atoms with Gasteiger partial charge in [0.15, 0.2) is 0 Å². The summed E-state index contributed by atoms with van der Waals surface area (Å²) in [4.78, 5) is 27.7. The van der Waals surface area contributed by atoms with E-state index < -0.39 is 12.0 Å². The number of para-hydroxylation sites is 1. The average Bonchev–Trinajstić information content (AvgIpc) is 3.00. The Labute approximate surface area is 144 Å². The number of methoxy groups -OCH3 is 1. The molecule has 0 unspecified atom stereocenters. The van der Waals surface area contributed by atoms with Gasteiger partial charge in [-0.2, -0.15) is 0 Å². The van der Waals surface area contributed by atoms with Crippen LogP contribution in [0.1, 0.15) is 19.5 Å². The van der Waals surface area contributed by atoms with Crippen molar-refractivity contribution in [1.82, 2.24) is 10.3 Å². The van der Waals surface area contributed by atoms with Crippen LogP contribution < -0.4 is 10.1 Å². The number of benzene rings is 1. The second kappa shape index (κ2) is 7.92. The van der Waals surface area contributed by atoms with Crippen LogP contribution in [0.4, 0.5) is 0 Å². The van der Waals surface area contributed by atoms with Crippen LogP contribution in [-0.4, -0.2) is 35.1 Å². The lowest BCUT2D eigenvalue weighted by molar-refractivity contribution is -0.143. The number of thiazole rings is 1. The maximum Gasteiger partial charge on any atom is 0.326 e. The van der Waals surface area contributed by atoms with Gasteiger partial charge >= 0.3 is 5.97 Å². The number of carboxylic acids is 1. The van der Waals surface area contributed by atoms with Gasteiger partial charge in [-0.25, -0.2) is 9.78 Å². The lowest BCUT2D eigenvalue weighted by Gasteiger charge is -2.17. The highest BCUT2D eigenvalue weighted by atomic mass is 32.1. The molecular weight excluding hydrogens is 328 g/mol. The Morgan fingerprint density at radius 1 is 1.33 bits per heavy atom. The van der Waals surface area contributed by atoms with E-state index in [9.17, 15) is 9.59 Å². The number of rotatable bonds is 7. The summed E-state index contributed by atoms with van der Waals surface area (Å²) in [5.41, 5.74) is 1.47. The minimum atomic E-state index is -1.04. The molecule has 2 rings (SSSR count). The zero-order chi connectivity index (χ0) is 17.7. The number of carboxylic acid groups (broad SMARTS) is 1. The minimum absolute atomic E-state index is 0.0438. The van der Waals surface area contributed by atoms with Gasteiger partial charge in [-0.05, 0) is 18.1 Å². The Morgan fingerprint density at radius 2 is 2.04 bits per heavy atom. The summed E-state index contributed by atoms with van der Waals surface area (Å²) < 4.78 is 5.32. The molecule has 0 fully saturated rings. The summed E-state index contributed by atoms with van der Waals surface area (Å²) in [6, 6.07) is 6.63. The number of nitrogens with one attached hydrogen (secondary N) is 1. The van der Waals surface area contributed by atoms with Crippen molar-refractivity contribution in [3.63, 3.8) is 0 Å². The summed E-state index contributed by atoms with van der Waals surface area (Å²) in [5, 5.41) is 14.2. The van der Waals surface area contributed by atoms with Gasteiger partial charge in [0.05, 0.1) is 24.8 Å². The summed E-state index contributed by atoms with van der Waals surface area (Å²) in [5.74, 6) is -0.862. The first-order valence-electron chi connectivity index (χ1n) is 7.52. The average molecular weight is 348 g/mol. The van der Waals surface area contributed by atoms with Crippen LogP contribution in [0.5, 0.6) is 5.75 Å². The first kappa shape index (κ1) is 17.9. The molecule has 24 heavy (non-hydrogen) atoms. The van der Waals surface area contributed by atoms with Gasteiger partial charge in [0.1, 0.15) is 16.8 Å². The van der Waals surface area contributed by atoms with Crippen LogP contribution in [0.2, 0.25) is 0 Å². The Bertz CT molecular complexity index is 727. The van der Waals surface area contributed by atoms with Gasteiger partial charge < -0.3 is 15.2 Å². The molecule has 1 heterocycles. The monoisotopic (exact) mass is 348 g/mol. The molecule has 1 atom stereocenters. The number of amides is 1. The largest absolute Gasteiger partial charge is 0.496 e. The maximum atomic E-state index is 12.1. The van der Waals surface area contributed by atoms with Gasteiger partial charge in [0, 0.05) is 5.38 Å². The number of nitrogens with zero attached hydrogens (tertiary/aromatic N) is 1. The maximum absolute atomic E-state index is 12.1. The van der Waals surface area contributed by atoms with Crippen LogP contribution in [0, 0.1) is 5.92 Å². The number of hydrogen-bond acceptors (Lipinski definition) is 5. The molecule has 0 radical (unpaired) electrons. The van der Waals surface area contributed by atoms with Crippen LogP contribution in [0.15, 0.2) is 29.6 Å². The lowest BCUT2D eigenvalue weighted by atomic mass is 10.0. The molecule has 1 amide bonds. The first-order chi connectivity index (χ1) is 11.4. The minimum Gasteiger partial charge on any atom is -0.496 e. The Kier molecular flexibility index (Phi) is 5.92. The number of aliphatic carboxylic acids is 1. The molecule has 6 nitrogen and oxygen atoms in total.